The highest BCUT2D eigenvalue weighted by molar-refractivity contribution is 5.90. The summed E-state index contributed by atoms with van der Waals surface area (Å²) in [6.07, 6.45) is -4.33. The zero-order valence-electron chi connectivity index (χ0n) is 18.4. The molecule has 1 aromatic heterocycles. The zero-order valence-corrected chi connectivity index (χ0v) is 18.4. The van der Waals surface area contributed by atoms with Gasteiger partial charge in [0.1, 0.15) is 5.52 Å². The van der Waals surface area contributed by atoms with E-state index in [0.717, 1.165) is 61.8 Å². The van der Waals surface area contributed by atoms with Crippen LogP contribution in [0.2, 0.25) is 0 Å². The molecule has 0 saturated carbocycles. The molecule has 0 fully saturated rings. The lowest BCUT2D eigenvalue weighted by molar-refractivity contribution is -0.137. The van der Waals surface area contributed by atoms with Crippen molar-refractivity contribution in [3.63, 3.8) is 0 Å². The molecule has 0 aliphatic carbocycles. The van der Waals surface area contributed by atoms with Crippen molar-refractivity contribution in [3.05, 3.63) is 115 Å². The maximum atomic E-state index is 12.8. The molecule has 5 aromatic carbocycles. The van der Waals surface area contributed by atoms with Crippen LogP contribution in [0.5, 0.6) is 0 Å². The monoisotopic (exact) mass is 465 g/mol. The van der Waals surface area contributed by atoms with Crippen LogP contribution in [0.1, 0.15) is 5.56 Å². The van der Waals surface area contributed by atoms with Gasteiger partial charge in [-0.3, -0.25) is 0 Å². The highest BCUT2D eigenvalue weighted by Crippen LogP contribution is 2.33. The molecule has 0 aliphatic rings. The van der Waals surface area contributed by atoms with Crippen LogP contribution < -0.4 is 0 Å². The molecular formula is C30H18F3NO. The largest absolute Gasteiger partial charge is 0.436 e. The summed E-state index contributed by atoms with van der Waals surface area (Å²) in [6.45, 7) is 0. The van der Waals surface area contributed by atoms with Crippen molar-refractivity contribution in [2.24, 2.45) is 0 Å². The molecule has 0 spiro atoms. The van der Waals surface area contributed by atoms with E-state index in [4.69, 9.17) is 4.42 Å². The third-order valence-electron chi connectivity index (χ3n) is 6.14. The molecule has 0 bridgehead atoms. The summed E-state index contributed by atoms with van der Waals surface area (Å²) in [5.41, 5.74) is 5.57. The molecule has 1 heterocycles. The van der Waals surface area contributed by atoms with Crippen molar-refractivity contribution in [1.82, 2.24) is 4.98 Å². The van der Waals surface area contributed by atoms with Crippen molar-refractivity contribution < 1.29 is 17.6 Å². The summed E-state index contributed by atoms with van der Waals surface area (Å²) < 4.78 is 44.4. The average Bonchev–Trinajstić information content (AvgIpc) is 3.32. The fraction of sp³-hybridized carbons (Fsp3) is 0.0333. The smallest absolute Gasteiger partial charge is 0.416 e. The summed E-state index contributed by atoms with van der Waals surface area (Å²) in [7, 11) is 0. The normalized spacial score (nSPS) is 11.9. The number of halogens is 3. The number of rotatable bonds is 3. The van der Waals surface area contributed by atoms with Gasteiger partial charge < -0.3 is 4.42 Å². The van der Waals surface area contributed by atoms with E-state index in [1.54, 1.807) is 0 Å². The number of para-hydroxylation sites is 2. The highest BCUT2D eigenvalue weighted by atomic mass is 19.4. The second-order valence-corrected chi connectivity index (χ2v) is 8.42. The Morgan fingerprint density at radius 2 is 1.06 bits per heavy atom. The molecule has 0 amide bonds. The number of fused-ring (bicyclic) bond motifs is 2. The predicted molar refractivity (Wildman–Crippen MR) is 133 cm³/mol. The number of alkyl halides is 3. The molecule has 5 heteroatoms. The highest BCUT2D eigenvalue weighted by Gasteiger charge is 2.29. The minimum atomic E-state index is -4.33. The number of aromatic nitrogens is 1. The molecule has 0 saturated heterocycles. The lowest BCUT2D eigenvalue weighted by atomic mass is 9.97. The van der Waals surface area contributed by atoms with Crippen LogP contribution >= 0.6 is 0 Å². The van der Waals surface area contributed by atoms with E-state index in [2.05, 4.69) is 35.3 Å². The summed E-state index contributed by atoms with van der Waals surface area (Å²) >= 11 is 0. The first-order chi connectivity index (χ1) is 16.9. The fourth-order valence-corrected chi connectivity index (χ4v) is 4.26. The SMILES string of the molecule is FC(F)(F)c1ccc(-c2ccc(-c3ccc4cc(-c5nc6ccccc6o5)ccc4c3)cc2)cc1. The molecule has 6 aromatic rings. The van der Waals surface area contributed by atoms with Crippen molar-refractivity contribution in [1.29, 1.82) is 0 Å². The molecule has 2 nitrogen and oxygen atoms in total. The fourth-order valence-electron chi connectivity index (χ4n) is 4.26. The second-order valence-electron chi connectivity index (χ2n) is 8.42. The Morgan fingerprint density at radius 3 is 1.69 bits per heavy atom. The Hall–Kier alpha value is -4.38. The van der Waals surface area contributed by atoms with E-state index in [-0.39, 0.29) is 0 Å². The number of benzene rings is 5. The molecule has 6 rings (SSSR count). The van der Waals surface area contributed by atoms with E-state index in [0.29, 0.717) is 5.89 Å². The van der Waals surface area contributed by atoms with Crippen LogP contribution in [0.4, 0.5) is 13.2 Å². The topological polar surface area (TPSA) is 26.0 Å². The first-order valence-electron chi connectivity index (χ1n) is 11.1. The zero-order chi connectivity index (χ0) is 24.0. The summed E-state index contributed by atoms with van der Waals surface area (Å²) in [6, 6.07) is 33.1. The van der Waals surface area contributed by atoms with Crippen LogP contribution in [0.25, 0.3) is 55.6 Å². The Labute approximate surface area is 199 Å². The molecule has 35 heavy (non-hydrogen) atoms. The summed E-state index contributed by atoms with van der Waals surface area (Å²) in [4.78, 5) is 4.58. The van der Waals surface area contributed by atoms with Gasteiger partial charge in [-0.15, -0.1) is 0 Å². The van der Waals surface area contributed by atoms with Gasteiger partial charge in [-0.1, -0.05) is 66.7 Å². The minimum Gasteiger partial charge on any atom is -0.436 e. The van der Waals surface area contributed by atoms with Gasteiger partial charge >= 0.3 is 6.18 Å². The first-order valence-corrected chi connectivity index (χ1v) is 11.1. The van der Waals surface area contributed by atoms with Gasteiger partial charge in [0.2, 0.25) is 5.89 Å². The van der Waals surface area contributed by atoms with Gasteiger partial charge in [0.25, 0.3) is 0 Å². The van der Waals surface area contributed by atoms with Gasteiger partial charge in [-0.05, 0) is 75.5 Å². The van der Waals surface area contributed by atoms with Crippen molar-refractivity contribution >= 4 is 21.9 Å². The molecule has 0 atom stereocenters. The molecule has 0 unspecified atom stereocenters. The Balaban J connectivity index is 1.27. The third kappa shape index (κ3) is 4.06. The minimum absolute atomic E-state index is 0.594. The standard InChI is InChI=1S/C30H18F3NO/c31-30(32,33)26-15-13-20(14-16-26)19-5-7-21(8-6-19)22-9-10-24-18-25(12-11-23(24)17-22)29-34-27-3-1-2-4-28(27)35-29/h1-18H. The van der Waals surface area contributed by atoms with Crippen LogP contribution in [-0.4, -0.2) is 4.98 Å². The van der Waals surface area contributed by atoms with Gasteiger partial charge in [0.15, 0.2) is 5.58 Å². The summed E-state index contributed by atoms with van der Waals surface area (Å²) in [5.74, 6) is 0.594. The maximum absolute atomic E-state index is 12.8. The van der Waals surface area contributed by atoms with Gasteiger partial charge in [0, 0.05) is 5.56 Å². The van der Waals surface area contributed by atoms with E-state index in [9.17, 15) is 13.2 Å². The first kappa shape index (κ1) is 21.2. The molecular weight excluding hydrogens is 447 g/mol. The predicted octanol–water partition coefficient (Wildman–Crippen LogP) is 9.00. The van der Waals surface area contributed by atoms with E-state index < -0.39 is 11.7 Å². The molecule has 170 valence electrons. The van der Waals surface area contributed by atoms with E-state index >= 15 is 0 Å². The molecule has 0 N–H and O–H groups in total. The van der Waals surface area contributed by atoms with Gasteiger partial charge in [-0.25, -0.2) is 4.98 Å². The van der Waals surface area contributed by atoms with Gasteiger partial charge in [0.05, 0.1) is 5.56 Å². The second kappa shape index (κ2) is 8.13. The van der Waals surface area contributed by atoms with Crippen LogP contribution in [0.15, 0.2) is 114 Å². The van der Waals surface area contributed by atoms with Crippen LogP contribution in [-0.2, 0) is 6.18 Å². The van der Waals surface area contributed by atoms with Crippen LogP contribution in [0, 0.1) is 0 Å². The lowest BCUT2D eigenvalue weighted by Gasteiger charge is -2.09. The number of oxazole rings is 1. The number of hydrogen-bond donors (Lipinski definition) is 0. The third-order valence-corrected chi connectivity index (χ3v) is 6.14. The van der Waals surface area contributed by atoms with E-state index in [1.807, 2.05) is 54.6 Å². The van der Waals surface area contributed by atoms with Crippen molar-refractivity contribution in [2.45, 2.75) is 6.18 Å². The molecule has 0 radical (unpaired) electrons. The maximum Gasteiger partial charge on any atom is 0.416 e. The van der Waals surface area contributed by atoms with Gasteiger partial charge in [-0.2, -0.15) is 13.2 Å². The number of nitrogens with zero attached hydrogens (tertiary/aromatic N) is 1. The quantitative estimate of drug-likeness (QED) is 0.261. The Morgan fingerprint density at radius 1 is 0.543 bits per heavy atom. The Kier molecular flexibility index (Phi) is 4.92. The Bertz CT molecular complexity index is 1630. The lowest BCUT2D eigenvalue weighted by Crippen LogP contribution is -2.03. The summed E-state index contributed by atoms with van der Waals surface area (Å²) in [5, 5.41) is 2.17. The van der Waals surface area contributed by atoms with E-state index in [1.165, 1.54) is 12.1 Å². The average molecular weight is 465 g/mol. The number of hydrogen-bond acceptors (Lipinski definition) is 2. The molecule has 0 aliphatic heterocycles. The van der Waals surface area contributed by atoms with Crippen molar-refractivity contribution in [2.75, 3.05) is 0 Å². The van der Waals surface area contributed by atoms with Crippen LogP contribution in [0.3, 0.4) is 0 Å². The van der Waals surface area contributed by atoms with Crippen molar-refractivity contribution in [3.8, 4) is 33.7 Å².